The molecule has 0 bridgehead atoms. The van der Waals surface area contributed by atoms with Crippen molar-refractivity contribution in [1.82, 2.24) is 0 Å². The van der Waals surface area contributed by atoms with Crippen molar-refractivity contribution < 1.29 is 0 Å². The molecule has 0 saturated carbocycles. The van der Waals surface area contributed by atoms with Gasteiger partial charge in [0.05, 0.1) is 0 Å². The van der Waals surface area contributed by atoms with E-state index in [1.54, 1.807) is 0 Å². The molecule has 0 aliphatic heterocycles. The van der Waals surface area contributed by atoms with Crippen molar-refractivity contribution in [2.24, 2.45) is 0 Å². The molecule has 3 aromatic rings. The van der Waals surface area contributed by atoms with Gasteiger partial charge in [-0.2, -0.15) is 0 Å². The van der Waals surface area contributed by atoms with Crippen LogP contribution in [0.3, 0.4) is 0 Å². The fraction of sp³-hybridized carbons (Fsp3) is 0.0588. The average molecular weight is 217 g/mol. The first-order valence-corrected chi connectivity index (χ1v) is 5.81. The lowest BCUT2D eigenvalue weighted by Crippen LogP contribution is -1.83. The minimum absolute atomic E-state index is 1.25. The van der Waals surface area contributed by atoms with Crippen LogP contribution in [0.4, 0.5) is 0 Å². The van der Waals surface area contributed by atoms with Crippen molar-refractivity contribution in [1.29, 1.82) is 0 Å². The van der Waals surface area contributed by atoms with Crippen LogP contribution in [-0.4, -0.2) is 0 Å². The Labute approximate surface area is 102 Å². The number of fused-ring (bicyclic) bond motifs is 1. The molecule has 3 aromatic carbocycles. The number of hydrogen-bond donors (Lipinski definition) is 0. The smallest absolute Gasteiger partial charge is 0.0103 e. The summed E-state index contributed by atoms with van der Waals surface area (Å²) in [6.45, 7) is 2.16. The zero-order chi connectivity index (χ0) is 11.7. The Morgan fingerprint density at radius 3 is 2.24 bits per heavy atom. The monoisotopic (exact) mass is 217 g/mol. The van der Waals surface area contributed by atoms with Gasteiger partial charge in [-0.05, 0) is 40.5 Å². The van der Waals surface area contributed by atoms with E-state index in [4.69, 9.17) is 0 Å². The maximum Gasteiger partial charge on any atom is -0.0103 e. The Morgan fingerprint density at radius 1 is 0.765 bits per heavy atom. The summed E-state index contributed by atoms with van der Waals surface area (Å²) >= 11 is 0. The first-order chi connectivity index (χ1) is 8.36. The van der Waals surface area contributed by atoms with Crippen LogP contribution in [-0.2, 0) is 0 Å². The molecule has 0 aromatic heterocycles. The van der Waals surface area contributed by atoms with Gasteiger partial charge in [0, 0.05) is 0 Å². The van der Waals surface area contributed by atoms with Crippen LogP contribution in [0, 0.1) is 13.0 Å². The van der Waals surface area contributed by atoms with E-state index >= 15 is 0 Å². The standard InChI is InChI=1S/C17H13/c1-13-11-12-16(14-7-3-2-4-8-14)17-10-6-5-9-15(13)17/h3-12H,1H3. The van der Waals surface area contributed by atoms with Crippen molar-refractivity contribution >= 4 is 10.8 Å². The third-order valence-electron chi connectivity index (χ3n) is 3.17. The first kappa shape index (κ1) is 10.1. The Kier molecular flexibility index (Phi) is 2.41. The van der Waals surface area contributed by atoms with Crippen molar-refractivity contribution in [2.45, 2.75) is 6.92 Å². The molecular weight excluding hydrogens is 204 g/mol. The first-order valence-electron chi connectivity index (χ1n) is 5.81. The summed E-state index contributed by atoms with van der Waals surface area (Å²) in [6, 6.07) is 24.2. The largest absolute Gasteiger partial charge is 0.0616 e. The van der Waals surface area contributed by atoms with Crippen molar-refractivity contribution in [3.63, 3.8) is 0 Å². The second kappa shape index (κ2) is 4.06. The van der Waals surface area contributed by atoms with Gasteiger partial charge in [0.2, 0.25) is 0 Å². The van der Waals surface area contributed by atoms with Crippen LogP contribution < -0.4 is 0 Å². The molecule has 0 aliphatic carbocycles. The highest BCUT2D eigenvalue weighted by atomic mass is 14.1. The van der Waals surface area contributed by atoms with Gasteiger partial charge in [0.1, 0.15) is 0 Å². The van der Waals surface area contributed by atoms with Gasteiger partial charge in [-0.1, -0.05) is 60.7 Å². The van der Waals surface area contributed by atoms with Crippen LogP contribution in [0.15, 0.2) is 60.7 Å². The molecule has 17 heavy (non-hydrogen) atoms. The number of benzene rings is 3. The normalized spacial score (nSPS) is 10.6. The third-order valence-corrected chi connectivity index (χ3v) is 3.17. The van der Waals surface area contributed by atoms with Crippen LogP contribution in [0.25, 0.3) is 21.9 Å². The van der Waals surface area contributed by atoms with Gasteiger partial charge < -0.3 is 0 Å². The van der Waals surface area contributed by atoms with E-state index in [1.165, 1.54) is 27.5 Å². The molecule has 3 rings (SSSR count). The topological polar surface area (TPSA) is 0 Å². The quantitative estimate of drug-likeness (QED) is 0.558. The molecule has 0 amide bonds. The van der Waals surface area contributed by atoms with E-state index in [2.05, 4.69) is 61.5 Å². The predicted octanol–water partition coefficient (Wildman–Crippen LogP) is 4.62. The van der Waals surface area contributed by atoms with Crippen LogP contribution in [0.1, 0.15) is 5.56 Å². The van der Waals surface area contributed by atoms with E-state index < -0.39 is 0 Å². The highest BCUT2D eigenvalue weighted by Gasteiger charge is 2.04. The van der Waals surface area contributed by atoms with E-state index in [9.17, 15) is 0 Å². The van der Waals surface area contributed by atoms with Gasteiger partial charge in [0.15, 0.2) is 0 Å². The van der Waals surface area contributed by atoms with E-state index in [1.807, 2.05) is 12.1 Å². The maximum atomic E-state index is 3.06. The van der Waals surface area contributed by atoms with Crippen LogP contribution >= 0.6 is 0 Å². The van der Waals surface area contributed by atoms with E-state index in [-0.39, 0.29) is 0 Å². The summed E-state index contributed by atoms with van der Waals surface area (Å²) in [4.78, 5) is 0. The molecule has 1 radical (unpaired) electrons. The van der Waals surface area contributed by atoms with Gasteiger partial charge in [-0.3, -0.25) is 0 Å². The zero-order valence-corrected chi connectivity index (χ0v) is 9.77. The fourth-order valence-corrected chi connectivity index (χ4v) is 2.27. The summed E-state index contributed by atoms with van der Waals surface area (Å²) in [5.74, 6) is 0. The Hall–Kier alpha value is -2.08. The van der Waals surface area contributed by atoms with Crippen LogP contribution in [0.5, 0.6) is 0 Å². The molecule has 0 unspecified atom stereocenters. The summed E-state index contributed by atoms with van der Waals surface area (Å²) in [5.41, 5.74) is 3.87. The molecular formula is C17H13. The highest BCUT2D eigenvalue weighted by Crippen LogP contribution is 2.30. The lowest BCUT2D eigenvalue weighted by Gasteiger charge is -2.08. The summed E-state index contributed by atoms with van der Waals surface area (Å²) in [7, 11) is 0. The molecule has 0 saturated heterocycles. The minimum Gasteiger partial charge on any atom is -0.0616 e. The second-order valence-electron chi connectivity index (χ2n) is 4.26. The lowest BCUT2D eigenvalue weighted by molar-refractivity contribution is 1.52. The SMILES string of the molecule is Cc1ccc(-c2cc[c]cc2)c2ccccc12. The van der Waals surface area contributed by atoms with Gasteiger partial charge in [-0.15, -0.1) is 0 Å². The summed E-state index contributed by atoms with van der Waals surface area (Å²) in [5, 5.41) is 2.65. The van der Waals surface area contributed by atoms with E-state index in [0.717, 1.165) is 0 Å². The van der Waals surface area contributed by atoms with Crippen molar-refractivity contribution in [2.75, 3.05) is 0 Å². The number of aryl methyl sites for hydroxylation is 1. The van der Waals surface area contributed by atoms with Gasteiger partial charge in [-0.25, -0.2) is 0 Å². The zero-order valence-electron chi connectivity index (χ0n) is 9.77. The highest BCUT2D eigenvalue weighted by molar-refractivity contribution is 5.98. The number of hydrogen-bond acceptors (Lipinski definition) is 0. The molecule has 0 heterocycles. The molecule has 0 fully saturated rings. The molecule has 0 atom stereocenters. The third kappa shape index (κ3) is 1.72. The molecule has 0 aliphatic rings. The Balaban J connectivity index is 2.35. The van der Waals surface area contributed by atoms with Gasteiger partial charge in [0.25, 0.3) is 0 Å². The van der Waals surface area contributed by atoms with Crippen LogP contribution in [0.2, 0.25) is 0 Å². The maximum absolute atomic E-state index is 3.06. The van der Waals surface area contributed by atoms with Crippen molar-refractivity contribution in [3.05, 3.63) is 72.3 Å². The lowest BCUT2D eigenvalue weighted by atomic mass is 9.96. The predicted molar refractivity (Wildman–Crippen MR) is 73.0 cm³/mol. The summed E-state index contributed by atoms with van der Waals surface area (Å²) < 4.78 is 0. The molecule has 0 spiro atoms. The Morgan fingerprint density at radius 2 is 1.47 bits per heavy atom. The molecule has 0 nitrogen and oxygen atoms in total. The summed E-state index contributed by atoms with van der Waals surface area (Å²) in [6.07, 6.45) is 0. The molecule has 0 heteroatoms. The van der Waals surface area contributed by atoms with E-state index in [0.29, 0.717) is 0 Å². The van der Waals surface area contributed by atoms with Crippen molar-refractivity contribution in [3.8, 4) is 11.1 Å². The average Bonchev–Trinajstić information content (AvgIpc) is 2.41. The molecule has 81 valence electrons. The minimum atomic E-state index is 1.25. The second-order valence-corrected chi connectivity index (χ2v) is 4.26. The fourth-order valence-electron chi connectivity index (χ4n) is 2.27. The number of rotatable bonds is 1. The Bertz CT molecular complexity index is 651. The van der Waals surface area contributed by atoms with Gasteiger partial charge >= 0.3 is 0 Å². The molecule has 0 N–H and O–H groups in total.